The second kappa shape index (κ2) is 4.69. The van der Waals surface area contributed by atoms with Crippen LogP contribution in [0.2, 0.25) is 0 Å². The van der Waals surface area contributed by atoms with E-state index in [1.165, 1.54) is 26.4 Å². The van der Waals surface area contributed by atoms with E-state index < -0.39 is 0 Å². The summed E-state index contributed by atoms with van der Waals surface area (Å²) in [6, 6.07) is 4.81. The van der Waals surface area contributed by atoms with Crippen LogP contribution in [0.25, 0.3) is 22.1 Å². The van der Waals surface area contributed by atoms with Gasteiger partial charge in [-0.25, -0.2) is 0 Å². The van der Waals surface area contributed by atoms with Crippen LogP contribution in [0.15, 0.2) is 24.3 Å². The van der Waals surface area contributed by atoms with Crippen molar-refractivity contribution in [3.8, 4) is 23.0 Å². The predicted molar refractivity (Wildman–Crippen MR) is 75.8 cm³/mol. The molecule has 0 fully saturated rings. The highest BCUT2D eigenvalue weighted by atomic mass is 16.5. The first-order valence-electron chi connectivity index (χ1n) is 6.24. The van der Waals surface area contributed by atoms with Gasteiger partial charge in [0, 0.05) is 0 Å². The number of phenols is 2. The summed E-state index contributed by atoms with van der Waals surface area (Å²) in [6.45, 7) is 0. The molecule has 8 nitrogen and oxygen atoms in total. The van der Waals surface area contributed by atoms with Crippen molar-refractivity contribution in [1.82, 2.24) is 0 Å². The standard InChI is InChI=1S/C14H12N2O6/c1-21-13-5-9-7(3-11(13)17)16(20)10-6-14(22-2)12(18)4-8(10)15(9)19/h3-6,17-18H,1-2H3. The number of hydrogen-bond acceptors (Lipinski definition) is 6. The van der Waals surface area contributed by atoms with Gasteiger partial charge in [-0.15, -0.1) is 0 Å². The summed E-state index contributed by atoms with van der Waals surface area (Å²) in [6.07, 6.45) is 0. The van der Waals surface area contributed by atoms with E-state index in [0.717, 1.165) is 12.1 Å². The van der Waals surface area contributed by atoms with Gasteiger partial charge in [0.2, 0.25) is 0 Å². The molecule has 0 saturated heterocycles. The number of methoxy groups -OCH3 is 2. The zero-order valence-electron chi connectivity index (χ0n) is 11.7. The Kier molecular flexibility index (Phi) is 2.94. The smallest absolute Gasteiger partial charge is 0.294 e. The van der Waals surface area contributed by atoms with Gasteiger partial charge < -0.3 is 30.1 Å². The first kappa shape index (κ1) is 13.8. The fourth-order valence-electron chi connectivity index (χ4n) is 2.33. The molecule has 0 amide bonds. The second-order valence-corrected chi connectivity index (χ2v) is 4.61. The monoisotopic (exact) mass is 304 g/mol. The first-order valence-corrected chi connectivity index (χ1v) is 6.24. The van der Waals surface area contributed by atoms with Crippen LogP contribution in [-0.4, -0.2) is 24.4 Å². The Morgan fingerprint density at radius 2 is 1.05 bits per heavy atom. The van der Waals surface area contributed by atoms with Crippen LogP contribution >= 0.6 is 0 Å². The number of ether oxygens (including phenoxy) is 2. The summed E-state index contributed by atoms with van der Waals surface area (Å²) in [5, 5.41) is 44.5. The largest absolute Gasteiger partial charge is 0.617 e. The Labute approximate surface area is 124 Å². The van der Waals surface area contributed by atoms with E-state index in [-0.39, 0.29) is 45.1 Å². The molecule has 8 heteroatoms. The van der Waals surface area contributed by atoms with Gasteiger partial charge in [-0.05, 0) is 0 Å². The minimum absolute atomic E-state index is 0.00159. The van der Waals surface area contributed by atoms with Crippen LogP contribution in [0.1, 0.15) is 0 Å². The van der Waals surface area contributed by atoms with Crippen LogP contribution in [0.4, 0.5) is 0 Å². The number of rotatable bonds is 2. The van der Waals surface area contributed by atoms with Gasteiger partial charge in [0.05, 0.1) is 38.5 Å². The van der Waals surface area contributed by atoms with Crippen molar-refractivity contribution in [2.75, 3.05) is 14.2 Å². The number of benzene rings is 2. The SMILES string of the molecule is COc1cc2c(cc1O)[n+]([O-])c1cc(OC)c(O)cc1[n+]2[O-]. The Morgan fingerprint density at radius 3 is 1.36 bits per heavy atom. The average molecular weight is 304 g/mol. The lowest BCUT2D eigenvalue weighted by molar-refractivity contribution is -0.591. The van der Waals surface area contributed by atoms with E-state index in [2.05, 4.69) is 0 Å². The van der Waals surface area contributed by atoms with Gasteiger partial charge in [0.25, 0.3) is 22.1 Å². The lowest BCUT2D eigenvalue weighted by Gasteiger charge is -2.11. The molecule has 0 atom stereocenters. The molecule has 3 aromatic rings. The van der Waals surface area contributed by atoms with E-state index in [1.807, 2.05) is 0 Å². The molecule has 0 unspecified atom stereocenters. The van der Waals surface area contributed by atoms with Gasteiger partial charge in [0.15, 0.2) is 23.0 Å². The second-order valence-electron chi connectivity index (χ2n) is 4.61. The van der Waals surface area contributed by atoms with Gasteiger partial charge in [-0.3, -0.25) is 0 Å². The summed E-state index contributed by atoms with van der Waals surface area (Å²) >= 11 is 0. The van der Waals surface area contributed by atoms with E-state index >= 15 is 0 Å². The predicted octanol–water partition coefficient (Wildman–Crippen LogP) is 0.688. The molecular formula is C14H12N2O6. The number of nitrogens with zero attached hydrogens (tertiary/aromatic N) is 2. The average Bonchev–Trinajstić information content (AvgIpc) is 2.52. The van der Waals surface area contributed by atoms with Crippen LogP contribution < -0.4 is 18.9 Å². The van der Waals surface area contributed by atoms with Crippen molar-refractivity contribution in [3.05, 3.63) is 34.7 Å². The number of aromatic nitrogens is 2. The molecule has 2 N–H and O–H groups in total. The molecule has 0 aliphatic heterocycles. The molecule has 0 radical (unpaired) electrons. The number of hydrogen-bond donors (Lipinski definition) is 2. The summed E-state index contributed by atoms with van der Waals surface area (Å²) in [7, 11) is 2.66. The normalized spacial score (nSPS) is 11.0. The zero-order valence-corrected chi connectivity index (χ0v) is 11.7. The van der Waals surface area contributed by atoms with Crippen molar-refractivity contribution in [2.45, 2.75) is 0 Å². The summed E-state index contributed by atoms with van der Waals surface area (Å²) in [4.78, 5) is 0. The first-order chi connectivity index (χ1) is 10.5. The van der Waals surface area contributed by atoms with Crippen molar-refractivity contribution < 1.29 is 29.1 Å². The van der Waals surface area contributed by atoms with Crippen molar-refractivity contribution >= 4 is 22.1 Å². The molecule has 1 aromatic heterocycles. The third-order valence-electron chi connectivity index (χ3n) is 3.43. The Bertz CT molecular complexity index is 834. The zero-order chi connectivity index (χ0) is 16.0. The molecule has 0 aliphatic rings. The van der Waals surface area contributed by atoms with Gasteiger partial charge in [-0.2, -0.15) is 9.46 Å². The summed E-state index contributed by atoms with van der Waals surface area (Å²) < 4.78 is 10.8. The van der Waals surface area contributed by atoms with Crippen LogP contribution in [-0.2, 0) is 0 Å². The fraction of sp³-hybridized carbons (Fsp3) is 0.143. The Balaban J connectivity index is 2.52. The van der Waals surface area contributed by atoms with E-state index in [0.29, 0.717) is 9.46 Å². The molecule has 114 valence electrons. The number of phenolic OH excluding ortho intramolecular Hbond substituents is 2. The summed E-state index contributed by atoms with van der Waals surface area (Å²) in [5.74, 6) is -0.391. The lowest BCUT2D eigenvalue weighted by atomic mass is 10.2. The molecule has 0 saturated carbocycles. The number of aromatic hydroxyl groups is 2. The maximum Gasteiger partial charge on any atom is 0.294 e. The molecule has 22 heavy (non-hydrogen) atoms. The van der Waals surface area contributed by atoms with Crippen LogP contribution in [0.3, 0.4) is 0 Å². The van der Waals surface area contributed by atoms with Crippen LogP contribution in [0.5, 0.6) is 23.0 Å². The Morgan fingerprint density at radius 1 is 0.727 bits per heavy atom. The summed E-state index contributed by atoms with van der Waals surface area (Å²) in [5.41, 5.74) is -0.0643. The van der Waals surface area contributed by atoms with Crippen LogP contribution in [0, 0.1) is 10.4 Å². The maximum atomic E-state index is 12.4. The van der Waals surface area contributed by atoms with E-state index in [4.69, 9.17) is 9.47 Å². The lowest BCUT2D eigenvalue weighted by Crippen LogP contribution is -2.39. The Hall–Kier alpha value is -3.16. The van der Waals surface area contributed by atoms with Gasteiger partial charge in [0.1, 0.15) is 0 Å². The topological polar surface area (TPSA) is 113 Å². The van der Waals surface area contributed by atoms with Crippen molar-refractivity contribution in [3.63, 3.8) is 0 Å². The number of fused-ring (bicyclic) bond motifs is 2. The van der Waals surface area contributed by atoms with Gasteiger partial charge in [-0.1, -0.05) is 0 Å². The quantitative estimate of drug-likeness (QED) is 0.409. The van der Waals surface area contributed by atoms with Crippen molar-refractivity contribution in [2.24, 2.45) is 0 Å². The molecule has 2 aromatic carbocycles. The third kappa shape index (κ3) is 1.77. The molecular weight excluding hydrogens is 292 g/mol. The fourth-order valence-corrected chi connectivity index (χ4v) is 2.33. The molecule has 0 spiro atoms. The molecule has 1 heterocycles. The van der Waals surface area contributed by atoms with Crippen molar-refractivity contribution in [1.29, 1.82) is 0 Å². The molecule has 3 rings (SSSR count). The highest BCUT2D eigenvalue weighted by Gasteiger charge is 2.25. The molecule has 0 bridgehead atoms. The maximum absolute atomic E-state index is 12.4. The van der Waals surface area contributed by atoms with E-state index in [9.17, 15) is 20.6 Å². The molecule has 0 aliphatic carbocycles. The van der Waals surface area contributed by atoms with Gasteiger partial charge >= 0.3 is 0 Å². The highest BCUT2D eigenvalue weighted by molar-refractivity contribution is 5.81. The van der Waals surface area contributed by atoms with E-state index in [1.54, 1.807) is 0 Å². The third-order valence-corrected chi connectivity index (χ3v) is 3.43. The highest BCUT2D eigenvalue weighted by Crippen LogP contribution is 2.32. The minimum atomic E-state index is -0.260. The minimum Gasteiger partial charge on any atom is -0.617 e.